The Morgan fingerprint density at radius 1 is 1.33 bits per heavy atom. The van der Waals surface area contributed by atoms with Gasteiger partial charge in [-0.25, -0.2) is 9.37 Å². The highest BCUT2D eigenvalue weighted by molar-refractivity contribution is 5.50. The van der Waals surface area contributed by atoms with Gasteiger partial charge in [0.1, 0.15) is 17.6 Å². The number of halogens is 1. The summed E-state index contributed by atoms with van der Waals surface area (Å²) in [5, 5.41) is 18.7. The average molecular weight is 283 g/mol. The van der Waals surface area contributed by atoms with Crippen molar-refractivity contribution in [3.05, 3.63) is 59.7 Å². The second-order valence-corrected chi connectivity index (χ2v) is 5.13. The van der Waals surface area contributed by atoms with Gasteiger partial charge < -0.3 is 10.0 Å². The number of benzene rings is 1. The first-order chi connectivity index (χ1) is 10.2. The number of anilines is 1. The molecule has 0 amide bonds. The lowest BCUT2D eigenvalue weighted by Crippen LogP contribution is -2.24. The Hall–Kier alpha value is -2.45. The summed E-state index contributed by atoms with van der Waals surface area (Å²) in [7, 11) is 0. The number of aliphatic hydroxyl groups excluding tert-OH is 1. The Balaban J connectivity index is 1.93. The van der Waals surface area contributed by atoms with Gasteiger partial charge >= 0.3 is 0 Å². The molecule has 0 spiro atoms. The Bertz CT molecular complexity index is 681. The molecule has 1 aromatic carbocycles. The number of hydrogen-bond acceptors (Lipinski definition) is 4. The number of nitriles is 1. The molecule has 3 rings (SSSR count). The third-order valence-corrected chi connectivity index (χ3v) is 3.71. The number of hydrogen-bond donors (Lipinski definition) is 1. The lowest BCUT2D eigenvalue weighted by molar-refractivity contribution is 0.194. The van der Waals surface area contributed by atoms with Gasteiger partial charge in [0.2, 0.25) is 0 Å². The first-order valence-corrected chi connectivity index (χ1v) is 6.73. The normalized spacial score (nSPS) is 21.3. The van der Waals surface area contributed by atoms with Crippen LogP contribution in [0.5, 0.6) is 0 Å². The molecule has 0 bridgehead atoms. The molecule has 1 fully saturated rings. The number of nitrogens with zero attached hydrogens (tertiary/aromatic N) is 3. The summed E-state index contributed by atoms with van der Waals surface area (Å²) in [6.07, 6.45) is 1.70. The van der Waals surface area contributed by atoms with Gasteiger partial charge in [0, 0.05) is 6.54 Å². The topological polar surface area (TPSA) is 60.2 Å². The summed E-state index contributed by atoms with van der Waals surface area (Å²) in [6.45, 7) is 0.467. The van der Waals surface area contributed by atoms with Crippen LogP contribution in [0.25, 0.3) is 0 Å². The lowest BCUT2D eigenvalue weighted by Gasteiger charge is -2.26. The molecule has 0 radical (unpaired) electrons. The highest BCUT2D eigenvalue weighted by Crippen LogP contribution is 2.36. The molecule has 2 heterocycles. The molecule has 21 heavy (non-hydrogen) atoms. The fourth-order valence-corrected chi connectivity index (χ4v) is 2.75. The quantitative estimate of drug-likeness (QED) is 0.919. The van der Waals surface area contributed by atoms with Gasteiger partial charge in [0.15, 0.2) is 0 Å². The van der Waals surface area contributed by atoms with Gasteiger partial charge in [0.25, 0.3) is 0 Å². The number of β-amino-alcohol motifs (C(OH)–C–C–N with tert-alkyl or cyclic N) is 1. The van der Waals surface area contributed by atoms with Crippen molar-refractivity contribution in [3.63, 3.8) is 0 Å². The van der Waals surface area contributed by atoms with Gasteiger partial charge in [0.05, 0.1) is 24.0 Å². The van der Waals surface area contributed by atoms with Crippen LogP contribution < -0.4 is 4.90 Å². The van der Waals surface area contributed by atoms with Crippen LogP contribution in [0.3, 0.4) is 0 Å². The molecule has 2 atom stereocenters. The molecular weight excluding hydrogens is 269 g/mol. The Morgan fingerprint density at radius 3 is 2.86 bits per heavy atom. The van der Waals surface area contributed by atoms with E-state index in [9.17, 15) is 9.50 Å². The zero-order valence-electron chi connectivity index (χ0n) is 11.3. The first-order valence-electron chi connectivity index (χ1n) is 6.73. The summed E-state index contributed by atoms with van der Waals surface area (Å²) in [6, 6.07) is 11.8. The summed E-state index contributed by atoms with van der Waals surface area (Å²) < 4.78 is 13.4. The fraction of sp³-hybridized carbons (Fsp3) is 0.250. The van der Waals surface area contributed by atoms with Gasteiger partial charge in [-0.1, -0.05) is 12.1 Å². The van der Waals surface area contributed by atoms with E-state index >= 15 is 0 Å². The number of aromatic nitrogens is 1. The highest BCUT2D eigenvalue weighted by atomic mass is 19.1. The van der Waals surface area contributed by atoms with Crippen molar-refractivity contribution in [2.24, 2.45) is 0 Å². The van der Waals surface area contributed by atoms with E-state index < -0.39 is 6.10 Å². The highest BCUT2D eigenvalue weighted by Gasteiger charge is 2.32. The molecule has 5 heteroatoms. The number of pyridine rings is 1. The van der Waals surface area contributed by atoms with Crippen molar-refractivity contribution >= 4 is 5.69 Å². The molecule has 1 aliphatic rings. The van der Waals surface area contributed by atoms with Crippen molar-refractivity contribution < 1.29 is 9.50 Å². The van der Waals surface area contributed by atoms with E-state index in [2.05, 4.69) is 4.98 Å². The molecular formula is C16H14FN3O. The van der Waals surface area contributed by atoms with Crippen LogP contribution in [0.1, 0.15) is 23.7 Å². The van der Waals surface area contributed by atoms with Crippen LogP contribution in [-0.2, 0) is 0 Å². The minimum Gasteiger partial charge on any atom is -0.391 e. The zero-order chi connectivity index (χ0) is 14.8. The largest absolute Gasteiger partial charge is 0.391 e. The van der Waals surface area contributed by atoms with Crippen molar-refractivity contribution in [2.75, 3.05) is 11.4 Å². The average Bonchev–Trinajstić information content (AvgIpc) is 2.89. The van der Waals surface area contributed by atoms with Crippen molar-refractivity contribution in [2.45, 2.75) is 18.6 Å². The van der Waals surface area contributed by atoms with Crippen LogP contribution in [0.15, 0.2) is 42.6 Å². The van der Waals surface area contributed by atoms with E-state index in [1.54, 1.807) is 24.4 Å². The standard InChI is InChI=1S/C16H14FN3O/c17-12-3-1-2-11(6-12)16-7-15(21)10-20(16)14-5-4-13(8-18)19-9-14/h1-6,9,15-16,21H,7,10H2/t15-,16-/m0/s1. The fourth-order valence-electron chi connectivity index (χ4n) is 2.75. The Labute approximate surface area is 122 Å². The maximum atomic E-state index is 13.4. The summed E-state index contributed by atoms with van der Waals surface area (Å²) in [5.74, 6) is -0.285. The van der Waals surface area contributed by atoms with Crippen molar-refractivity contribution in [3.8, 4) is 6.07 Å². The van der Waals surface area contributed by atoms with E-state index in [1.807, 2.05) is 17.0 Å². The second-order valence-electron chi connectivity index (χ2n) is 5.13. The predicted octanol–water partition coefficient (Wildman–Crippen LogP) is 2.40. The van der Waals surface area contributed by atoms with E-state index in [0.29, 0.717) is 18.7 Å². The van der Waals surface area contributed by atoms with E-state index in [1.165, 1.54) is 12.1 Å². The Kier molecular flexibility index (Phi) is 3.55. The summed E-state index contributed by atoms with van der Waals surface area (Å²) >= 11 is 0. The molecule has 1 saturated heterocycles. The van der Waals surface area contributed by atoms with Crippen LogP contribution in [0.2, 0.25) is 0 Å². The number of aliphatic hydroxyl groups is 1. The second kappa shape index (κ2) is 5.51. The lowest BCUT2D eigenvalue weighted by atomic mass is 10.0. The maximum absolute atomic E-state index is 13.4. The monoisotopic (exact) mass is 283 g/mol. The minimum absolute atomic E-state index is 0.0922. The minimum atomic E-state index is -0.464. The van der Waals surface area contributed by atoms with Crippen molar-refractivity contribution in [1.29, 1.82) is 5.26 Å². The smallest absolute Gasteiger partial charge is 0.140 e. The molecule has 106 valence electrons. The molecule has 1 N–H and O–H groups in total. The third kappa shape index (κ3) is 2.71. The van der Waals surface area contributed by atoms with E-state index in [4.69, 9.17) is 5.26 Å². The van der Waals surface area contributed by atoms with E-state index in [0.717, 1.165) is 11.3 Å². The van der Waals surface area contributed by atoms with Gasteiger partial charge in [-0.05, 0) is 36.2 Å². The van der Waals surface area contributed by atoms with Crippen LogP contribution in [0.4, 0.5) is 10.1 Å². The predicted molar refractivity (Wildman–Crippen MR) is 76.1 cm³/mol. The van der Waals surface area contributed by atoms with Crippen LogP contribution in [-0.4, -0.2) is 22.7 Å². The first kappa shape index (κ1) is 13.5. The molecule has 1 aliphatic heterocycles. The SMILES string of the molecule is N#Cc1ccc(N2C[C@@H](O)C[C@H]2c2cccc(F)c2)cn1. The van der Waals surface area contributed by atoms with E-state index in [-0.39, 0.29) is 11.9 Å². The Morgan fingerprint density at radius 2 is 2.19 bits per heavy atom. The van der Waals surface area contributed by atoms with Gasteiger partial charge in [-0.15, -0.1) is 0 Å². The third-order valence-electron chi connectivity index (χ3n) is 3.71. The van der Waals surface area contributed by atoms with Crippen molar-refractivity contribution in [1.82, 2.24) is 4.98 Å². The van der Waals surface area contributed by atoms with Gasteiger partial charge in [-0.3, -0.25) is 0 Å². The molecule has 4 nitrogen and oxygen atoms in total. The van der Waals surface area contributed by atoms with Crippen LogP contribution in [0, 0.1) is 17.1 Å². The van der Waals surface area contributed by atoms with Crippen LogP contribution >= 0.6 is 0 Å². The molecule has 1 aromatic heterocycles. The summed E-state index contributed by atoms with van der Waals surface area (Å²) in [5.41, 5.74) is 2.00. The van der Waals surface area contributed by atoms with Gasteiger partial charge in [-0.2, -0.15) is 5.26 Å². The molecule has 2 aromatic rings. The zero-order valence-corrected chi connectivity index (χ0v) is 11.3. The number of rotatable bonds is 2. The maximum Gasteiger partial charge on any atom is 0.140 e. The summed E-state index contributed by atoms with van der Waals surface area (Å²) in [4.78, 5) is 6.05. The molecule has 0 unspecified atom stereocenters. The molecule has 0 aliphatic carbocycles. The molecule has 0 saturated carbocycles.